The third-order valence-electron chi connectivity index (χ3n) is 16.1. The first-order chi connectivity index (χ1) is 38.2. The quantitative estimate of drug-likeness (QED) is 0.160. The van der Waals surface area contributed by atoms with Crippen molar-refractivity contribution in [2.45, 2.75) is 5.41 Å². The molecule has 77 heavy (non-hydrogen) atoms. The van der Waals surface area contributed by atoms with E-state index in [2.05, 4.69) is 271 Å². The number of thiophene rings is 1. The summed E-state index contributed by atoms with van der Waals surface area (Å²) in [6, 6.07) is 97.0. The maximum absolute atomic E-state index is 5.50. The molecule has 1 aliphatic carbocycles. The lowest BCUT2D eigenvalue weighted by atomic mass is 9.67. The van der Waals surface area contributed by atoms with Crippen LogP contribution in [-0.4, -0.2) is 19.5 Å². The highest BCUT2D eigenvalue weighted by Gasteiger charge is 2.47. The highest BCUT2D eigenvalue weighted by molar-refractivity contribution is 7.25. The molecule has 3 aromatic heterocycles. The molecule has 3 heterocycles. The van der Waals surface area contributed by atoms with Crippen molar-refractivity contribution < 1.29 is 0 Å². The highest BCUT2D eigenvalue weighted by atomic mass is 32.1. The number of fused-ring (bicyclic) bond motifs is 12. The molecule has 0 amide bonds. The second-order valence-electron chi connectivity index (χ2n) is 20.2. The van der Waals surface area contributed by atoms with Gasteiger partial charge in [-0.25, -0.2) is 15.0 Å². The predicted octanol–water partition coefficient (Wildman–Crippen LogP) is 18.7. The van der Waals surface area contributed by atoms with Crippen LogP contribution in [0, 0.1) is 0 Å². The van der Waals surface area contributed by atoms with E-state index in [1.807, 2.05) is 11.3 Å². The lowest BCUT2D eigenvalue weighted by Gasteiger charge is -2.33. The lowest BCUT2D eigenvalue weighted by molar-refractivity contribution is 0.768. The molecule has 0 unspecified atom stereocenters. The molecule has 358 valence electrons. The highest BCUT2D eigenvalue weighted by Crippen LogP contribution is 2.58. The van der Waals surface area contributed by atoms with Gasteiger partial charge in [-0.1, -0.05) is 231 Å². The molecule has 15 aromatic rings. The Morgan fingerprint density at radius 1 is 0.325 bits per heavy atom. The maximum Gasteiger partial charge on any atom is 0.164 e. The van der Waals surface area contributed by atoms with Gasteiger partial charge in [0.05, 0.1) is 16.4 Å². The zero-order valence-corrected chi connectivity index (χ0v) is 42.4. The molecule has 1 aliphatic rings. The van der Waals surface area contributed by atoms with Crippen LogP contribution in [0.5, 0.6) is 0 Å². The Labute approximate surface area is 448 Å². The molecule has 0 fully saturated rings. The van der Waals surface area contributed by atoms with Gasteiger partial charge in [0, 0.05) is 53.3 Å². The summed E-state index contributed by atoms with van der Waals surface area (Å²) in [7, 11) is 0. The van der Waals surface area contributed by atoms with E-state index < -0.39 is 5.41 Å². The molecule has 0 radical (unpaired) electrons. The number of benzene rings is 12. The second kappa shape index (κ2) is 17.1. The Morgan fingerprint density at radius 3 is 1.65 bits per heavy atom. The first-order valence-corrected chi connectivity index (χ1v) is 27.1. The largest absolute Gasteiger partial charge is 0.309 e. The third-order valence-corrected chi connectivity index (χ3v) is 17.2. The van der Waals surface area contributed by atoms with Crippen LogP contribution in [0.2, 0.25) is 0 Å². The molecule has 4 nitrogen and oxygen atoms in total. The van der Waals surface area contributed by atoms with Crippen molar-refractivity contribution in [3.05, 3.63) is 289 Å². The summed E-state index contributed by atoms with van der Waals surface area (Å²) in [5, 5.41) is 9.96. The summed E-state index contributed by atoms with van der Waals surface area (Å²) in [6.07, 6.45) is 0. The number of nitrogens with zero attached hydrogens (tertiary/aromatic N) is 4. The monoisotopic (exact) mass is 996 g/mol. The first kappa shape index (κ1) is 43.6. The van der Waals surface area contributed by atoms with Crippen LogP contribution in [0.15, 0.2) is 267 Å². The minimum absolute atomic E-state index is 0.563. The molecule has 0 aliphatic heterocycles. The van der Waals surface area contributed by atoms with E-state index in [4.69, 9.17) is 15.0 Å². The van der Waals surface area contributed by atoms with E-state index in [1.165, 1.54) is 91.3 Å². The van der Waals surface area contributed by atoms with E-state index >= 15 is 0 Å². The number of hydrogen-bond acceptors (Lipinski definition) is 4. The standard InChI is InChI=1S/C72H44N4S/c1-4-17-45(18-5-1)46-31-33-48(34-32-46)69-73-70(75-71(74-69)59-28-16-30-62-67(59)58-27-14-15-29-61(58)72(62,52-22-6-2-7-23-52)53-24-8-3-9-25-53)51-35-38-56-57-39-37-54(44-66(57)77-65(56)43-51)76-63-40-36-47-19-12-13-26-55(47)68(63)60-41-49-20-10-11-21-50(49)42-64(60)76/h1-44H. The van der Waals surface area contributed by atoms with Crippen molar-refractivity contribution in [2.75, 3.05) is 0 Å². The smallest absolute Gasteiger partial charge is 0.164 e. The number of rotatable bonds is 7. The zero-order chi connectivity index (χ0) is 50.6. The molecular formula is C72H44N4S. The normalized spacial score (nSPS) is 12.8. The fraction of sp³-hybridized carbons (Fsp3) is 0.0139. The fourth-order valence-electron chi connectivity index (χ4n) is 12.7. The van der Waals surface area contributed by atoms with Gasteiger partial charge in [-0.3, -0.25) is 0 Å². The fourth-order valence-corrected chi connectivity index (χ4v) is 13.8. The molecule has 0 N–H and O–H groups in total. The van der Waals surface area contributed by atoms with Gasteiger partial charge in [-0.2, -0.15) is 0 Å². The van der Waals surface area contributed by atoms with Gasteiger partial charge < -0.3 is 4.57 Å². The topological polar surface area (TPSA) is 43.6 Å². The maximum atomic E-state index is 5.50. The van der Waals surface area contributed by atoms with Crippen molar-refractivity contribution in [1.29, 1.82) is 0 Å². The van der Waals surface area contributed by atoms with Crippen molar-refractivity contribution >= 4 is 74.9 Å². The van der Waals surface area contributed by atoms with Gasteiger partial charge in [0.1, 0.15) is 0 Å². The van der Waals surface area contributed by atoms with Crippen molar-refractivity contribution in [3.63, 3.8) is 0 Å². The van der Waals surface area contributed by atoms with Crippen LogP contribution in [0.1, 0.15) is 22.3 Å². The lowest BCUT2D eigenvalue weighted by Crippen LogP contribution is -2.28. The van der Waals surface area contributed by atoms with Crippen molar-refractivity contribution in [2.24, 2.45) is 0 Å². The van der Waals surface area contributed by atoms with Gasteiger partial charge in [-0.05, 0) is 102 Å². The van der Waals surface area contributed by atoms with Crippen LogP contribution >= 0.6 is 11.3 Å². The van der Waals surface area contributed by atoms with Crippen LogP contribution in [0.3, 0.4) is 0 Å². The SMILES string of the molecule is c1ccc(-c2ccc(-c3nc(-c4ccc5c(c4)sc4cc(-n6c7cc8ccccc8cc7c7c8ccccc8ccc76)ccc45)nc(-c4cccc5c4-c4ccccc4C5(c4ccccc4)c4ccccc4)n3)cc2)cc1. The average Bonchev–Trinajstić information content (AvgIpc) is 4.37. The Bertz CT molecular complexity index is 4810. The molecule has 0 atom stereocenters. The minimum Gasteiger partial charge on any atom is -0.309 e. The van der Waals surface area contributed by atoms with Gasteiger partial charge >= 0.3 is 0 Å². The Hall–Kier alpha value is -9.81. The van der Waals surface area contributed by atoms with Crippen LogP contribution in [-0.2, 0) is 5.41 Å². The van der Waals surface area contributed by atoms with Gasteiger partial charge in [0.2, 0.25) is 0 Å². The van der Waals surface area contributed by atoms with E-state index in [-0.39, 0.29) is 0 Å². The molecular weight excluding hydrogens is 953 g/mol. The van der Waals surface area contributed by atoms with Gasteiger partial charge in [-0.15, -0.1) is 11.3 Å². The van der Waals surface area contributed by atoms with Crippen molar-refractivity contribution in [1.82, 2.24) is 19.5 Å². The molecule has 0 saturated carbocycles. The summed E-state index contributed by atoms with van der Waals surface area (Å²) in [5.74, 6) is 1.88. The van der Waals surface area contributed by atoms with Gasteiger partial charge in [0.25, 0.3) is 0 Å². The summed E-state index contributed by atoms with van der Waals surface area (Å²) in [5.41, 5.74) is 15.3. The predicted molar refractivity (Wildman–Crippen MR) is 321 cm³/mol. The summed E-state index contributed by atoms with van der Waals surface area (Å²) in [4.78, 5) is 16.3. The van der Waals surface area contributed by atoms with Crippen LogP contribution in [0.25, 0.3) is 126 Å². The number of hydrogen-bond donors (Lipinski definition) is 0. The van der Waals surface area contributed by atoms with Crippen molar-refractivity contribution in [3.8, 4) is 62.1 Å². The summed E-state index contributed by atoms with van der Waals surface area (Å²) < 4.78 is 4.86. The summed E-state index contributed by atoms with van der Waals surface area (Å²) in [6.45, 7) is 0. The van der Waals surface area contributed by atoms with Crippen LogP contribution in [0.4, 0.5) is 0 Å². The Kier molecular flexibility index (Phi) is 9.69. The second-order valence-corrected chi connectivity index (χ2v) is 21.3. The molecule has 16 rings (SSSR count). The number of aromatic nitrogens is 4. The first-order valence-electron chi connectivity index (χ1n) is 26.2. The molecule has 5 heteroatoms. The molecule has 12 aromatic carbocycles. The van der Waals surface area contributed by atoms with E-state index in [9.17, 15) is 0 Å². The van der Waals surface area contributed by atoms with E-state index in [0.717, 1.165) is 39.1 Å². The van der Waals surface area contributed by atoms with Gasteiger partial charge in [0.15, 0.2) is 17.5 Å². The molecule has 0 saturated heterocycles. The average molecular weight is 997 g/mol. The third kappa shape index (κ3) is 6.67. The Balaban J connectivity index is 0.877. The summed E-state index contributed by atoms with van der Waals surface area (Å²) >= 11 is 1.82. The van der Waals surface area contributed by atoms with E-state index in [1.54, 1.807) is 0 Å². The van der Waals surface area contributed by atoms with E-state index in [0.29, 0.717) is 17.5 Å². The zero-order valence-electron chi connectivity index (χ0n) is 41.6. The minimum atomic E-state index is -0.563. The molecule has 0 bridgehead atoms. The van der Waals surface area contributed by atoms with Crippen LogP contribution < -0.4 is 0 Å². The molecule has 0 spiro atoms. The Morgan fingerprint density at radius 2 is 0.883 bits per heavy atom.